The smallest absolute Gasteiger partial charge is 0.312 e. The van der Waals surface area contributed by atoms with Crippen molar-refractivity contribution in [3.05, 3.63) is 53.6 Å². The van der Waals surface area contributed by atoms with E-state index < -0.39 is 6.03 Å². The molecule has 21 heavy (non-hydrogen) atoms. The van der Waals surface area contributed by atoms with Crippen molar-refractivity contribution in [3.63, 3.8) is 0 Å². The van der Waals surface area contributed by atoms with E-state index in [9.17, 15) is 9.59 Å². The highest BCUT2D eigenvalue weighted by Gasteiger charge is 2.05. The first-order chi connectivity index (χ1) is 10.1. The van der Waals surface area contributed by atoms with Crippen molar-refractivity contribution in [1.29, 1.82) is 0 Å². The van der Waals surface area contributed by atoms with E-state index in [1.54, 1.807) is 36.8 Å². The molecule has 0 atom stereocenters. The first-order valence-corrected chi connectivity index (χ1v) is 6.53. The normalized spacial score (nSPS) is 10.1. The number of primary amides is 1. The minimum atomic E-state index is -0.573. The molecule has 7 nitrogen and oxygen atoms in total. The van der Waals surface area contributed by atoms with Gasteiger partial charge >= 0.3 is 6.03 Å². The lowest BCUT2D eigenvalue weighted by molar-refractivity contribution is 0.0954. The standard InChI is InChI=1S/C14H17N5O2/c15-14(21)18-7-10-1-3-11(4-2-10)13(20)17-6-5-12-8-16-9-19-12/h1-4,8-9H,5-7H2,(H,16,19)(H,17,20)(H3,15,18,21). The van der Waals surface area contributed by atoms with Gasteiger partial charge in [0.2, 0.25) is 0 Å². The largest absolute Gasteiger partial charge is 0.352 e. The maximum atomic E-state index is 11.9. The zero-order chi connectivity index (χ0) is 15.1. The SMILES string of the molecule is NC(=O)NCc1ccc(C(=O)NCCc2cnc[nH]2)cc1. The van der Waals surface area contributed by atoms with Crippen LogP contribution in [0.2, 0.25) is 0 Å². The van der Waals surface area contributed by atoms with Crippen LogP contribution in [0.5, 0.6) is 0 Å². The Morgan fingerprint density at radius 3 is 2.57 bits per heavy atom. The highest BCUT2D eigenvalue weighted by atomic mass is 16.2. The third-order valence-electron chi connectivity index (χ3n) is 2.92. The van der Waals surface area contributed by atoms with Crippen molar-refractivity contribution in [2.45, 2.75) is 13.0 Å². The molecule has 0 fully saturated rings. The van der Waals surface area contributed by atoms with Crippen molar-refractivity contribution in [1.82, 2.24) is 20.6 Å². The molecule has 0 unspecified atom stereocenters. The van der Waals surface area contributed by atoms with E-state index >= 15 is 0 Å². The Bertz CT molecular complexity index is 592. The predicted octanol–water partition coefficient (Wildman–Crippen LogP) is 0.550. The molecular weight excluding hydrogens is 270 g/mol. The van der Waals surface area contributed by atoms with Crippen LogP contribution in [0.15, 0.2) is 36.8 Å². The number of carbonyl (C=O) groups is 2. The molecule has 0 saturated carbocycles. The summed E-state index contributed by atoms with van der Waals surface area (Å²) in [6.45, 7) is 0.878. The molecule has 0 aliphatic heterocycles. The molecule has 0 spiro atoms. The Morgan fingerprint density at radius 1 is 1.19 bits per heavy atom. The van der Waals surface area contributed by atoms with Crippen molar-refractivity contribution in [2.75, 3.05) is 6.54 Å². The molecule has 1 aromatic heterocycles. The monoisotopic (exact) mass is 287 g/mol. The lowest BCUT2D eigenvalue weighted by Crippen LogP contribution is -2.28. The fourth-order valence-corrected chi connectivity index (χ4v) is 1.80. The third-order valence-corrected chi connectivity index (χ3v) is 2.92. The summed E-state index contributed by atoms with van der Waals surface area (Å²) in [5, 5.41) is 5.32. The van der Waals surface area contributed by atoms with Crippen LogP contribution in [0, 0.1) is 0 Å². The minimum absolute atomic E-state index is 0.135. The number of carbonyl (C=O) groups excluding carboxylic acids is 2. The summed E-state index contributed by atoms with van der Waals surface area (Å²) in [4.78, 5) is 29.4. The number of nitrogens with one attached hydrogen (secondary N) is 3. The summed E-state index contributed by atoms with van der Waals surface area (Å²) in [5.41, 5.74) is 7.42. The van der Waals surface area contributed by atoms with Crippen LogP contribution in [0.4, 0.5) is 4.79 Å². The summed E-state index contributed by atoms with van der Waals surface area (Å²) in [7, 11) is 0. The molecule has 5 N–H and O–H groups in total. The molecule has 0 bridgehead atoms. The first kappa shape index (κ1) is 14.6. The van der Waals surface area contributed by atoms with Crippen molar-refractivity contribution < 1.29 is 9.59 Å². The topological polar surface area (TPSA) is 113 Å². The van der Waals surface area contributed by atoms with Gasteiger partial charge in [0, 0.05) is 37.0 Å². The zero-order valence-electron chi connectivity index (χ0n) is 11.4. The second-order valence-corrected chi connectivity index (χ2v) is 4.50. The van der Waals surface area contributed by atoms with Gasteiger partial charge in [-0.15, -0.1) is 0 Å². The minimum Gasteiger partial charge on any atom is -0.352 e. The zero-order valence-corrected chi connectivity index (χ0v) is 11.4. The van der Waals surface area contributed by atoms with E-state index in [0.717, 1.165) is 11.3 Å². The number of hydrogen-bond acceptors (Lipinski definition) is 3. The number of nitrogens with zero attached hydrogens (tertiary/aromatic N) is 1. The van der Waals surface area contributed by atoms with E-state index in [1.807, 2.05) is 0 Å². The van der Waals surface area contributed by atoms with Gasteiger partial charge in [0.25, 0.3) is 5.91 Å². The van der Waals surface area contributed by atoms with Gasteiger partial charge in [0.05, 0.1) is 6.33 Å². The van der Waals surface area contributed by atoms with Crippen LogP contribution >= 0.6 is 0 Å². The molecule has 1 aromatic carbocycles. The molecule has 2 aromatic rings. The van der Waals surface area contributed by atoms with E-state index in [1.165, 1.54) is 0 Å². The molecule has 0 aliphatic rings. The summed E-state index contributed by atoms with van der Waals surface area (Å²) in [6.07, 6.45) is 4.04. The van der Waals surface area contributed by atoms with Crippen molar-refractivity contribution in [2.24, 2.45) is 5.73 Å². The third kappa shape index (κ3) is 4.64. The quantitative estimate of drug-likeness (QED) is 0.622. The molecule has 2 rings (SSSR count). The Labute approximate surface area is 122 Å². The number of aromatic nitrogens is 2. The van der Waals surface area contributed by atoms with Gasteiger partial charge in [-0.25, -0.2) is 9.78 Å². The van der Waals surface area contributed by atoms with Crippen LogP contribution in [0.1, 0.15) is 21.6 Å². The molecule has 3 amide bonds. The average molecular weight is 287 g/mol. The van der Waals surface area contributed by atoms with Gasteiger partial charge in [-0.05, 0) is 17.7 Å². The van der Waals surface area contributed by atoms with E-state index in [4.69, 9.17) is 5.73 Å². The fraction of sp³-hybridized carbons (Fsp3) is 0.214. The number of rotatable bonds is 6. The fourth-order valence-electron chi connectivity index (χ4n) is 1.80. The average Bonchev–Trinajstić information content (AvgIpc) is 2.99. The molecule has 1 heterocycles. The highest BCUT2D eigenvalue weighted by molar-refractivity contribution is 5.94. The first-order valence-electron chi connectivity index (χ1n) is 6.53. The predicted molar refractivity (Wildman–Crippen MR) is 77.5 cm³/mol. The second-order valence-electron chi connectivity index (χ2n) is 4.50. The van der Waals surface area contributed by atoms with E-state index in [0.29, 0.717) is 25.1 Å². The molecular formula is C14H17N5O2. The van der Waals surface area contributed by atoms with Gasteiger partial charge in [-0.3, -0.25) is 4.79 Å². The van der Waals surface area contributed by atoms with Crippen molar-refractivity contribution in [3.8, 4) is 0 Å². The van der Waals surface area contributed by atoms with Gasteiger partial charge < -0.3 is 21.4 Å². The summed E-state index contributed by atoms with van der Waals surface area (Å²) < 4.78 is 0. The van der Waals surface area contributed by atoms with Gasteiger partial charge in [0.1, 0.15) is 0 Å². The molecule has 0 aliphatic carbocycles. The lowest BCUT2D eigenvalue weighted by atomic mass is 10.1. The van der Waals surface area contributed by atoms with Crippen LogP contribution in [0.25, 0.3) is 0 Å². The number of hydrogen-bond donors (Lipinski definition) is 4. The summed E-state index contributed by atoms with van der Waals surface area (Å²) in [5.74, 6) is -0.135. The molecule has 7 heteroatoms. The molecule has 0 radical (unpaired) electrons. The number of aromatic amines is 1. The number of benzene rings is 1. The molecule has 0 saturated heterocycles. The summed E-state index contributed by atoms with van der Waals surface area (Å²) >= 11 is 0. The number of imidazole rings is 1. The van der Waals surface area contributed by atoms with Crippen LogP contribution < -0.4 is 16.4 Å². The highest BCUT2D eigenvalue weighted by Crippen LogP contribution is 2.04. The summed E-state index contributed by atoms with van der Waals surface area (Å²) in [6, 6.07) is 6.41. The van der Waals surface area contributed by atoms with E-state index in [2.05, 4.69) is 20.6 Å². The number of nitrogens with two attached hydrogens (primary N) is 1. The van der Waals surface area contributed by atoms with E-state index in [-0.39, 0.29) is 5.91 Å². The molecule has 110 valence electrons. The van der Waals surface area contributed by atoms with Crippen LogP contribution in [-0.2, 0) is 13.0 Å². The number of urea groups is 1. The second kappa shape index (κ2) is 7.09. The van der Waals surface area contributed by atoms with Crippen LogP contribution in [0.3, 0.4) is 0 Å². The Balaban J connectivity index is 1.80. The maximum absolute atomic E-state index is 11.9. The van der Waals surface area contributed by atoms with Gasteiger partial charge in [0.15, 0.2) is 0 Å². The maximum Gasteiger partial charge on any atom is 0.312 e. The number of H-pyrrole nitrogens is 1. The van der Waals surface area contributed by atoms with Crippen molar-refractivity contribution >= 4 is 11.9 Å². The van der Waals surface area contributed by atoms with Gasteiger partial charge in [-0.1, -0.05) is 12.1 Å². The Morgan fingerprint density at radius 2 is 1.95 bits per heavy atom. The Hall–Kier alpha value is -2.83. The van der Waals surface area contributed by atoms with Gasteiger partial charge in [-0.2, -0.15) is 0 Å². The Kier molecular flexibility index (Phi) is 4.92. The van der Waals surface area contributed by atoms with Crippen LogP contribution in [-0.4, -0.2) is 28.5 Å². The lowest BCUT2D eigenvalue weighted by Gasteiger charge is -2.06. The number of amides is 3.